The maximum Gasteiger partial charge on any atom is 0.319 e. The lowest BCUT2D eigenvalue weighted by Crippen LogP contribution is -2.48. The number of aromatic nitrogens is 3. The van der Waals surface area contributed by atoms with Crippen LogP contribution in [0.4, 0.5) is 8.78 Å². The zero-order chi connectivity index (χ0) is 20.5. The minimum Gasteiger partial charge on any atom is -0.336 e. The van der Waals surface area contributed by atoms with Crippen molar-refractivity contribution in [2.45, 2.75) is 26.9 Å². The summed E-state index contributed by atoms with van der Waals surface area (Å²) in [5, 5.41) is 0.994. The number of aryl methyl sites for hydroxylation is 2. The molecule has 1 aliphatic rings. The summed E-state index contributed by atoms with van der Waals surface area (Å²) in [5.41, 5.74) is 3.45. The van der Waals surface area contributed by atoms with Crippen LogP contribution in [0.2, 0.25) is 0 Å². The fourth-order valence-electron chi connectivity index (χ4n) is 3.82. The highest BCUT2D eigenvalue weighted by atomic mass is 19.3. The Balaban J connectivity index is 1.48. The molecular weight excluding hydrogens is 376 g/mol. The molecule has 0 bridgehead atoms. The Bertz CT molecular complexity index is 1040. The van der Waals surface area contributed by atoms with Crippen LogP contribution in [-0.4, -0.2) is 56.4 Å². The number of carbonyl (C=O) groups excluding carboxylic acids is 1. The van der Waals surface area contributed by atoms with Gasteiger partial charge < -0.3 is 4.90 Å². The molecule has 29 heavy (non-hydrogen) atoms. The number of hydrogen-bond donors (Lipinski definition) is 0. The van der Waals surface area contributed by atoms with Crippen LogP contribution in [0.25, 0.3) is 10.9 Å². The molecule has 1 aliphatic heterocycles. The highest BCUT2D eigenvalue weighted by Gasteiger charge is 2.25. The molecular formula is C21H23F2N5O. The average Bonchev–Trinajstić information content (AvgIpc) is 3.17. The maximum absolute atomic E-state index is 13.2. The van der Waals surface area contributed by atoms with Crippen LogP contribution in [0, 0.1) is 13.8 Å². The fraction of sp³-hybridized carbons (Fsp3) is 0.381. The number of halogens is 2. The molecule has 8 heteroatoms. The highest BCUT2D eigenvalue weighted by Crippen LogP contribution is 2.24. The third kappa shape index (κ3) is 3.85. The Hall–Kier alpha value is -2.87. The molecule has 0 atom stereocenters. The minimum atomic E-state index is -2.60. The summed E-state index contributed by atoms with van der Waals surface area (Å²) in [6, 6.07) is 5.89. The van der Waals surface area contributed by atoms with Crippen molar-refractivity contribution in [1.29, 1.82) is 0 Å². The number of hydrogen-bond acceptors (Lipinski definition) is 4. The van der Waals surface area contributed by atoms with Gasteiger partial charge in [-0.25, -0.2) is 4.98 Å². The Labute approximate surface area is 167 Å². The van der Waals surface area contributed by atoms with Crippen LogP contribution in [0.15, 0.2) is 36.8 Å². The van der Waals surface area contributed by atoms with Gasteiger partial charge in [0.05, 0.1) is 17.6 Å². The van der Waals surface area contributed by atoms with Gasteiger partial charge in [-0.15, -0.1) is 0 Å². The zero-order valence-electron chi connectivity index (χ0n) is 16.5. The number of alkyl halides is 2. The lowest BCUT2D eigenvalue weighted by Gasteiger charge is -2.34. The van der Waals surface area contributed by atoms with Crippen LogP contribution in [0.1, 0.15) is 33.9 Å². The summed E-state index contributed by atoms with van der Waals surface area (Å²) in [6.07, 6.45) is 4.41. The van der Waals surface area contributed by atoms with Crippen LogP contribution in [-0.2, 0) is 6.54 Å². The van der Waals surface area contributed by atoms with Gasteiger partial charge in [0.1, 0.15) is 5.82 Å². The quantitative estimate of drug-likeness (QED) is 0.675. The van der Waals surface area contributed by atoms with Gasteiger partial charge in [-0.05, 0) is 43.2 Å². The topological polar surface area (TPSA) is 54.3 Å². The number of rotatable bonds is 4. The van der Waals surface area contributed by atoms with Crippen LogP contribution >= 0.6 is 0 Å². The highest BCUT2D eigenvalue weighted by molar-refractivity contribution is 6.06. The van der Waals surface area contributed by atoms with E-state index in [0.717, 1.165) is 26.6 Å². The number of benzene rings is 1. The van der Waals surface area contributed by atoms with Crippen molar-refractivity contribution >= 4 is 16.8 Å². The van der Waals surface area contributed by atoms with Crippen molar-refractivity contribution in [2.24, 2.45) is 0 Å². The molecule has 0 aliphatic carbocycles. The number of fused-ring (bicyclic) bond motifs is 1. The van der Waals surface area contributed by atoms with Gasteiger partial charge in [0.15, 0.2) is 0 Å². The average molecular weight is 399 g/mol. The predicted octanol–water partition coefficient (Wildman–Crippen LogP) is 3.40. The van der Waals surface area contributed by atoms with E-state index in [2.05, 4.69) is 16.0 Å². The van der Waals surface area contributed by atoms with E-state index in [1.807, 2.05) is 35.8 Å². The smallest absolute Gasteiger partial charge is 0.319 e. The van der Waals surface area contributed by atoms with Crippen molar-refractivity contribution in [3.05, 3.63) is 59.3 Å². The molecule has 152 valence electrons. The first kappa shape index (κ1) is 19.4. The summed E-state index contributed by atoms with van der Waals surface area (Å²) in [5.74, 6) is 0.301. The summed E-state index contributed by atoms with van der Waals surface area (Å²) in [4.78, 5) is 25.5. The van der Waals surface area contributed by atoms with Crippen molar-refractivity contribution in [3.63, 3.8) is 0 Å². The number of nitrogens with zero attached hydrogens (tertiary/aromatic N) is 5. The van der Waals surface area contributed by atoms with E-state index in [1.165, 1.54) is 12.4 Å². The molecule has 6 nitrogen and oxygen atoms in total. The standard InChI is InChI=1S/C21H23F2N5O/c1-14-11-16-15(2)3-4-25-19(16)17(12-14)20(29)27-9-7-26(8-10-27)13-18-24-5-6-28(18)21(22)23/h3-6,11-12,21H,7-10,13H2,1-2H3. The summed E-state index contributed by atoms with van der Waals surface area (Å²) in [6.45, 7) is 4.03. The lowest BCUT2D eigenvalue weighted by molar-refractivity contribution is 0.0556. The minimum absolute atomic E-state index is 0.0365. The molecule has 0 N–H and O–H groups in total. The molecule has 3 heterocycles. The van der Waals surface area contributed by atoms with Crippen LogP contribution < -0.4 is 0 Å². The maximum atomic E-state index is 13.2. The Morgan fingerprint density at radius 1 is 1.10 bits per heavy atom. The van der Waals surface area contributed by atoms with Gasteiger partial charge in [0.2, 0.25) is 0 Å². The van der Waals surface area contributed by atoms with Gasteiger partial charge >= 0.3 is 6.55 Å². The number of pyridine rings is 1. The molecule has 1 amide bonds. The van der Waals surface area contributed by atoms with Crippen molar-refractivity contribution in [3.8, 4) is 0 Å². The number of piperazine rings is 1. The van der Waals surface area contributed by atoms with Crippen molar-refractivity contribution in [1.82, 2.24) is 24.3 Å². The molecule has 4 rings (SSSR count). The molecule has 1 fully saturated rings. The Morgan fingerprint density at radius 2 is 1.86 bits per heavy atom. The summed E-state index contributed by atoms with van der Waals surface area (Å²) < 4.78 is 26.9. The first-order valence-corrected chi connectivity index (χ1v) is 9.61. The van der Waals surface area contributed by atoms with Gasteiger partial charge in [-0.2, -0.15) is 8.78 Å². The molecule has 1 aromatic carbocycles. The molecule has 2 aromatic heterocycles. The molecule has 0 unspecified atom stereocenters. The zero-order valence-corrected chi connectivity index (χ0v) is 16.5. The molecule has 0 radical (unpaired) electrons. The van der Waals surface area contributed by atoms with Crippen molar-refractivity contribution < 1.29 is 13.6 Å². The van der Waals surface area contributed by atoms with E-state index in [9.17, 15) is 13.6 Å². The van der Waals surface area contributed by atoms with Crippen molar-refractivity contribution in [2.75, 3.05) is 26.2 Å². The monoisotopic (exact) mass is 399 g/mol. The van der Waals surface area contributed by atoms with Crippen LogP contribution in [0.5, 0.6) is 0 Å². The van der Waals surface area contributed by atoms with E-state index >= 15 is 0 Å². The Kier molecular flexibility index (Phi) is 5.27. The first-order valence-electron chi connectivity index (χ1n) is 9.61. The first-order chi connectivity index (χ1) is 13.9. The van der Waals surface area contributed by atoms with E-state index in [4.69, 9.17) is 0 Å². The molecule has 0 saturated carbocycles. The third-order valence-electron chi connectivity index (χ3n) is 5.42. The van der Waals surface area contributed by atoms with Gasteiger partial charge in [0.25, 0.3) is 5.91 Å². The number of carbonyl (C=O) groups is 1. The normalized spacial score (nSPS) is 15.4. The largest absolute Gasteiger partial charge is 0.336 e. The van der Waals surface area contributed by atoms with Crippen LogP contribution in [0.3, 0.4) is 0 Å². The fourth-order valence-corrected chi connectivity index (χ4v) is 3.82. The molecule has 1 saturated heterocycles. The van der Waals surface area contributed by atoms with Gasteiger partial charge in [-0.1, -0.05) is 0 Å². The predicted molar refractivity (Wildman–Crippen MR) is 106 cm³/mol. The number of imidazole rings is 1. The Morgan fingerprint density at radius 3 is 2.59 bits per heavy atom. The van der Waals surface area contributed by atoms with Gasteiger partial charge in [0, 0.05) is 50.2 Å². The van der Waals surface area contributed by atoms with E-state index < -0.39 is 6.55 Å². The third-order valence-corrected chi connectivity index (χ3v) is 5.42. The number of amides is 1. The van der Waals surface area contributed by atoms with E-state index in [1.54, 1.807) is 6.20 Å². The summed E-state index contributed by atoms with van der Waals surface area (Å²) >= 11 is 0. The second-order valence-corrected chi connectivity index (χ2v) is 7.43. The second kappa shape index (κ2) is 7.87. The van der Waals surface area contributed by atoms with Gasteiger partial charge in [-0.3, -0.25) is 19.2 Å². The lowest BCUT2D eigenvalue weighted by atomic mass is 10.0. The summed E-state index contributed by atoms with van der Waals surface area (Å²) in [7, 11) is 0. The van der Waals surface area contributed by atoms with E-state index in [0.29, 0.717) is 44.1 Å². The molecule has 3 aromatic rings. The molecule has 0 spiro atoms. The SMILES string of the molecule is Cc1cc(C(=O)N2CCN(Cc3nccn3C(F)F)CC2)c2nccc(C)c2c1. The van der Waals surface area contributed by atoms with E-state index in [-0.39, 0.29) is 5.91 Å². The second-order valence-electron chi connectivity index (χ2n) is 7.43.